The highest BCUT2D eigenvalue weighted by Crippen LogP contribution is 2.25. The van der Waals surface area contributed by atoms with Crippen molar-refractivity contribution in [3.8, 4) is 17.0 Å². The molecule has 0 radical (unpaired) electrons. The lowest BCUT2D eigenvalue weighted by atomic mass is 10.2. The Kier molecular flexibility index (Phi) is 7.16. The van der Waals surface area contributed by atoms with Gasteiger partial charge in [0, 0.05) is 30.4 Å². The minimum atomic E-state index is -1.03. The molecule has 0 bridgehead atoms. The molecule has 0 saturated carbocycles. The zero-order valence-electron chi connectivity index (χ0n) is 14.2. The number of carbonyl (C=O) groups is 1. The van der Waals surface area contributed by atoms with E-state index in [1.807, 2.05) is 29.6 Å². The van der Waals surface area contributed by atoms with Crippen LogP contribution in [0, 0.1) is 0 Å². The Bertz CT molecular complexity index is 768. The molecule has 132 valence electrons. The minimum Gasteiger partial charge on any atom is -0.494 e. The van der Waals surface area contributed by atoms with E-state index in [0.717, 1.165) is 28.4 Å². The third-order valence-corrected chi connectivity index (χ3v) is 4.03. The molecule has 2 N–H and O–H groups in total. The average Bonchev–Trinajstić information content (AvgIpc) is 3.08. The van der Waals surface area contributed by atoms with Gasteiger partial charge in [-0.15, -0.1) is 11.3 Å². The maximum Gasteiger partial charge on any atom is 0.338 e. The summed E-state index contributed by atoms with van der Waals surface area (Å²) in [4.78, 5) is 19.3. The molecule has 6 nitrogen and oxygen atoms in total. The Morgan fingerprint density at radius 1 is 1.48 bits per heavy atom. The second kappa shape index (κ2) is 9.58. The molecule has 1 aromatic heterocycles. The Balaban J connectivity index is 2.02. The van der Waals surface area contributed by atoms with Gasteiger partial charge in [-0.2, -0.15) is 0 Å². The second-order valence-electron chi connectivity index (χ2n) is 5.18. The van der Waals surface area contributed by atoms with Crippen LogP contribution in [0.15, 0.2) is 46.4 Å². The first kappa shape index (κ1) is 18.7. The van der Waals surface area contributed by atoms with E-state index >= 15 is 0 Å². The van der Waals surface area contributed by atoms with Crippen LogP contribution >= 0.6 is 11.3 Å². The molecule has 1 heterocycles. The third-order valence-electron chi connectivity index (χ3n) is 3.18. The summed E-state index contributed by atoms with van der Waals surface area (Å²) in [6.07, 6.45) is 3.69. The molecule has 0 unspecified atom stereocenters. The van der Waals surface area contributed by atoms with Gasteiger partial charge in [-0.1, -0.05) is 19.1 Å². The highest BCUT2D eigenvalue weighted by Gasteiger charge is 2.07. The summed E-state index contributed by atoms with van der Waals surface area (Å²) in [6, 6.07) is 7.85. The number of aliphatic carboxylic acids is 1. The summed E-state index contributed by atoms with van der Waals surface area (Å²) >= 11 is 1.52. The number of hydrogen-bond donors (Lipinski definition) is 2. The van der Waals surface area contributed by atoms with E-state index in [0.29, 0.717) is 13.2 Å². The fourth-order valence-electron chi connectivity index (χ4n) is 2.03. The van der Waals surface area contributed by atoms with E-state index in [1.54, 1.807) is 0 Å². The maximum absolute atomic E-state index is 11.0. The van der Waals surface area contributed by atoms with Gasteiger partial charge in [0.2, 0.25) is 0 Å². The fraction of sp³-hybridized carbons (Fsp3) is 0.278. The van der Waals surface area contributed by atoms with E-state index in [4.69, 9.17) is 9.84 Å². The van der Waals surface area contributed by atoms with Crippen LogP contribution in [-0.4, -0.2) is 35.9 Å². The van der Waals surface area contributed by atoms with Gasteiger partial charge in [0.25, 0.3) is 0 Å². The molecule has 2 rings (SSSR count). The van der Waals surface area contributed by atoms with Crippen molar-refractivity contribution in [1.82, 2.24) is 10.3 Å². The topological polar surface area (TPSA) is 83.8 Å². The zero-order chi connectivity index (χ0) is 18.1. The predicted molar refractivity (Wildman–Crippen MR) is 100 cm³/mol. The standard InChI is InChI=1S/C18H21N3O3S/c1-3-7-24-15-6-4-5-13(8-15)16-12-25-17(21-16)11-20-10-14(9-19-2)18(22)23/h4-6,8-10,12,20H,3,7,11H2,1-2H3,(H,22,23)/b14-10+,19-9-. The Hall–Kier alpha value is -2.67. The molecule has 25 heavy (non-hydrogen) atoms. The lowest BCUT2D eigenvalue weighted by molar-refractivity contribution is -0.132. The van der Waals surface area contributed by atoms with E-state index in [1.165, 1.54) is 30.8 Å². The van der Waals surface area contributed by atoms with Crippen molar-refractivity contribution in [3.05, 3.63) is 46.4 Å². The lowest BCUT2D eigenvalue weighted by Crippen LogP contribution is -2.10. The second-order valence-corrected chi connectivity index (χ2v) is 6.12. The van der Waals surface area contributed by atoms with Crippen molar-refractivity contribution in [2.24, 2.45) is 4.99 Å². The maximum atomic E-state index is 11.0. The highest BCUT2D eigenvalue weighted by molar-refractivity contribution is 7.09. The van der Waals surface area contributed by atoms with Crippen molar-refractivity contribution >= 4 is 23.5 Å². The van der Waals surface area contributed by atoms with Crippen molar-refractivity contribution in [1.29, 1.82) is 0 Å². The molecular weight excluding hydrogens is 338 g/mol. The normalized spacial score (nSPS) is 11.7. The van der Waals surface area contributed by atoms with Crippen molar-refractivity contribution in [2.75, 3.05) is 13.7 Å². The first-order chi connectivity index (χ1) is 12.1. The predicted octanol–water partition coefficient (Wildman–Crippen LogP) is 3.36. The SMILES string of the molecule is CCCOc1cccc(-c2csc(CN/C=C(\C=N/C)C(=O)O)n2)c1. The quantitative estimate of drug-likeness (QED) is 0.530. The van der Waals surface area contributed by atoms with Crippen LogP contribution in [0.25, 0.3) is 11.3 Å². The van der Waals surface area contributed by atoms with Crippen LogP contribution in [0.5, 0.6) is 5.75 Å². The number of benzene rings is 1. The number of carboxylic acid groups (broad SMARTS) is 1. The smallest absolute Gasteiger partial charge is 0.338 e. The van der Waals surface area contributed by atoms with Crippen LogP contribution in [-0.2, 0) is 11.3 Å². The molecule has 7 heteroatoms. The van der Waals surface area contributed by atoms with Gasteiger partial charge in [-0.25, -0.2) is 9.78 Å². The average molecular weight is 359 g/mol. The summed E-state index contributed by atoms with van der Waals surface area (Å²) in [5.41, 5.74) is 1.97. The Morgan fingerprint density at radius 2 is 2.32 bits per heavy atom. The van der Waals surface area contributed by atoms with Gasteiger partial charge in [-0.05, 0) is 18.6 Å². The number of thiazole rings is 1. The Labute approximate surface area is 150 Å². The molecule has 0 aliphatic carbocycles. The number of nitrogens with zero attached hydrogens (tertiary/aromatic N) is 2. The van der Waals surface area contributed by atoms with Crippen LogP contribution < -0.4 is 10.1 Å². The van der Waals surface area contributed by atoms with E-state index in [-0.39, 0.29) is 5.57 Å². The number of ether oxygens (including phenoxy) is 1. The zero-order valence-corrected chi connectivity index (χ0v) is 15.0. The fourth-order valence-corrected chi connectivity index (χ4v) is 2.79. The number of carboxylic acids is 1. The van der Waals surface area contributed by atoms with Gasteiger partial charge in [-0.3, -0.25) is 4.99 Å². The Morgan fingerprint density at radius 3 is 3.04 bits per heavy atom. The molecule has 1 aromatic carbocycles. The summed E-state index contributed by atoms with van der Waals surface area (Å²) in [5, 5.41) is 14.8. The summed E-state index contributed by atoms with van der Waals surface area (Å²) in [7, 11) is 1.53. The molecule has 0 fully saturated rings. The van der Waals surface area contributed by atoms with E-state index in [2.05, 4.69) is 22.2 Å². The molecular formula is C18H21N3O3S. The number of hydrogen-bond acceptors (Lipinski definition) is 6. The molecule has 0 saturated heterocycles. The molecule has 0 atom stereocenters. The monoisotopic (exact) mass is 359 g/mol. The molecule has 0 spiro atoms. The lowest BCUT2D eigenvalue weighted by Gasteiger charge is -2.05. The van der Waals surface area contributed by atoms with Crippen molar-refractivity contribution in [3.63, 3.8) is 0 Å². The number of aromatic nitrogens is 1. The first-order valence-electron chi connectivity index (χ1n) is 7.90. The van der Waals surface area contributed by atoms with Gasteiger partial charge in [0.05, 0.1) is 24.4 Å². The summed E-state index contributed by atoms with van der Waals surface area (Å²) < 4.78 is 5.65. The molecule has 2 aromatic rings. The van der Waals surface area contributed by atoms with Crippen LogP contribution in [0.4, 0.5) is 0 Å². The van der Waals surface area contributed by atoms with Gasteiger partial charge >= 0.3 is 5.97 Å². The van der Waals surface area contributed by atoms with Gasteiger partial charge in [0.15, 0.2) is 0 Å². The molecule has 0 aliphatic rings. The van der Waals surface area contributed by atoms with Gasteiger partial charge in [0.1, 0.15) is 10.8 Å². The minimum absolute atomic E-state index is 0.0973. The molecule has 0 amide bonds. The first-order valence-corrected chi connectivity index (χ1v) is 8.78. The number of aliphatic imine (C=N–C) groups is 1. The van der Waals surface area contributed by atoms with Gasteiger partial charge < -0.3 is 15.2 Å². The third kappa shape index (κ3) is 5.72. The number of nitrogens with one attached hydrogen (secondary N) is 1. The number of rotatable bonds is 9. The highest BCUT2D eigenvalue weighted by atomic mass is 32.1. The summed E-state index contributed by atoms with van der Waals surface area (Å²) in [6.45, 7) is 3.21. The van der Waals surface area contributed by atoms with Crippen LogP contribution in [0.1, 0.15) is 18.4 Å². The van der Waals surface area contributed by atoms with Crippen molar-refractivity contribution in [2.45, 2.75) is 19.9 Å². The van der Waals surface area contributed by atoms with Crippen LogP contribution in [0.3, 0.4) is 0 Å². The summed E-state index contributed by atoms with van der Waals surface area (Å²) in [5.74, 6) is -0.193. The van der Waals surface area contributed by atoms with Crippen molar-refractivity contribution < 1.29 is 14.6 Å². The van der Waals surface area contributed by atoms with Crippen LogP contribution in [0.2, 0.25) is 0 Å². The largest absolute Gasteiger partial charge is 0.494 e. The molecule has 0 aliphatic heterocycles. The van der Waals surface area contributed by atoms with E-state index in [9.17, 15) is 4.79 Å². The van der Waals surface area contributed by atoms with E-state index < -0.39 is 5.97 Å².